The first kappa shape index (κ1) is 19.4. The van der Waals surface area contributed by atoms with Gasteiger partial charge in [-0.15, -0.1) is 0 Å². The van der Waals surface area contributed by atoms with Crippen molar-refractivity contribution < 1.29 is 4.79 Å². The zero-order valence-electron chi connectivity index (χ0n) is 15.4. The van der Waals surface area contributed by atoms with Crippen molar-refractivity contribution in [3.8, 4) is 0 Å². The monoisotopic (exact) mass is 404 g/mol. The summed E-state index contributed by atoms with van der Waals surface area (Å²) >= 11 is 3.25. The number of carbonyl (C=O) groups is 1. The summed E-state index contributed by atoms with van der Waals surface area (Å²) < 4.78 is 1.90. The Balaban J connectivity index is 2.34. The third-order valence-electron chi connectivity index (χ3n) is 4.13. The normalized spacial score (nSPS) is 11.2. The molecule has 0 aliphatic carbocycles. The van der Waals surface area contributed by atoms with Gasteiger partial charge in [0.05, 0.1) is 4.47 Å². The molecule has 0 saturated heterocycles. The second-order valence-electron chi connectivity index (χ2n) is 6.97. The topological polar surface area (TPSA) is 51.1 Å². The van der Waals surface area contributed by atoms with E-state index in [2.05, 4.69) is 48.9 Å². The van der Waals surface area contributed by atoms with Crippen LogP contribution in [0.5, 0.6) is 0 Å². The number of benzene rings is 1. The number of aromatic nitrogens is 1. The predicted molar refractivity (Wildman–Crippen MR) is 106 cm³/mol. The number of hydrogen-bond donors (Lipinski definition) is 1. The molecule has 2 rings (SSSR count). The second kappa shape index (κ2) is 8.00. The lowest BCUT2D eigenvalue weighted by Crippen LogP contribution is -2.28. The first-order chi connectivity index (χ1) is 11.7. The molecule has 4 nitrogen and oxygen atoms in total. The molecule has 134 valence electrons. The number of hydrogen-bond acceptors (Lipinski definition) is 2. The van der Waals surface area contributed by atoms with E-state index in [0.29, 0.717) is 16.3 Å². The average Bonchev–Trinajstić information content (AvgIpc) is 2.51. The number of para-hydroxylation sites is 1. The Labute approximate surface area is 157 Å². The highest BCUT2D eigenvalue weighted by Gasteiger charge is 2.16. The predicted octanol–water partition coefficient (Wildman–Crippen LogP) is 4.80. The molecule has 0 unspecified atom stereocenters. The number of pyridine rings is 1. The Kier molecular flexibility index (Phi) is 6.22. The summed E-state index contributed by atoms with van der Waals surface area (Å²) in [7, 11) is 0. The van der Waals surface area contributed by atoms with Gasteiger partial charge >= 0.3 is 0 Å². The van der Waals surface area contributed by atoms with Gasteiger partial charge in [0.1, 0.15) is 6.54 Å². The van der Waals surface area contributed by atoms with Crippen LogP contribution in [-0.4, -0.2) is 10.5 Å². The first-order valence-corrected chi connectivity index (χ1v) is 9.29. The summed E-state index contributed by atoms with van der Waals surface area (Å²) in [6, 6.07) is 7.87. The van der Waals surface area contributed by atoms with E-state index >= 15 is 0 Å². The van der Waals surface area contributed by atoms with Crippen LogP contribution in [0.1, 0.15) is 56.2 Å². The third kappa shape index (κ3) is 4.60. The van der Waals surface area contributed by atoms with Crippen molar-refractivity contribution in [2.75, 3.05) is 5.32 Å². The van der Waals surface area contributed by atoms with Crippen molar-refractivity contribution in [3.63, 3.8) is 0 Å². The molecule has 0 radical (unpaired) electrons. The van der Waals surface area contributed by atoms with E-state index in [4.69, 9.17) is 0 Å². The van der Waals surface area contributed by atoms with Crippen LogP contribution in [0, 0.1) is 6.92 Å². The van der Waals surface area contributed by atoms with E-state index < -0.39 is 0 Å². The van der Waals surface area contributed by atoms with Crippen molar-refractivity contribution in [1.82, 2.24) is 4.57 Å². The molecule has 0 aliphatic rings. The molecule has 0 bridgehead atoms. The molecule has 1 amide bonds. The van der Waals surface area contributed by atoms with Gasteiger partial charge in [0.2, 0.25) is 5.91 Å². The van der Waals surface area contributed by atoms with Crippen LogP contribution in [0.4, 0.5) is 5.69 Å². The molecule has 0 spiro atoms. The van der Waals surface area contributed by atoms with E-state index in [1.807, 2.05) is 25.1 Å². The maximum atomic E-state index is 12.6. The minimum absolute atomic E-state index is 0.0108. The fourth-order valence-electron chi connectivity index (χ4n) is 2.89. The van der Waals surface area contributed by atoms with Crippen LogP contribution >= 0.6 is 15.9 Å². The van der Waals surface area contributed by atoms with E-state index in [1.54, 1.807) is 12.3 Å². The van der Waals surface area contributed by atoms with Gasteiger partial charge in [-0.1, -0.05) is 45.9 Å². The summed E-state index contributed by atoms with van der Waals surface area (Å²) in [5, 5.41) is 3.04. The maximum absolute atomic E-state index is 12.6. The lowest BCUT2D eigenvalue weighted by molar-refractivity contribution is -0.116. The zero-order chi connectivity index (χ0) is 18.7. The summed E-state index contributed by atoms with van der Waals surface area (Å²) in [5.41, 5.74) is 3.80. The Morgan fingerprint density at radius 1 is 1.16 bits per heavy atom. The van der Waals surface area contributed by atoms with Gasteiger partial charge in [-0.25, -0.2) is 0 Å². The highest BCUT2D eigenvalue weighted by atomic mass is 79.9. The van der Waals surface area contributed by atoms with Crippen LogP contribution in [-0.2, 0) is 11.3 Å². The number of nitrogens with zero attached hydrogens (tertiary/aromatic N) is 1. The van der Waals surface area contributed by atoms with Gasteiger partial charge in [0, 0.05) is 11.9 Å². The SMILES string of the molecule is Cc1cc(Br)c(=O)n(CC(=O)Nc2c(C(C)C)cccc2C(C)C)c1. The van der Waals surface area contributed by atoms with Gasteiger partial charge in [-0.2, -0.15) is 0 Å². The first-order valence-electron chi connectivity index (χ1n) is 8.50. The molecule has 0 fully saturated rings. The fourth-order valence-corrected chi connectivity index (χ4v) is 3.48. The lowest BCUT2D eigenvalue weighted by atomic mass is 9.92. The van der Waals surface area contributed by atoms with Crippen LogP contribution in [0.2, 0.25) is 0 Å². The quantitative estimate of drug-likeness (QED) is 0.777. The average molecular weight is 405 g/mol. The van der Waals surface area contributed by atoms with E-state index in [0.717, 1.165) is 22.4 Å². The number of amides is 1. The van der Waals surface area contributed by atoms with Crippen LogP contribution in [0.3, 0.4) is 0 Å². The fraction of sp³-hybridized carbons (Fsp3) is 0.400. The molecule has 0 saturated carbocycles. The minimum atomic E-state index is -0.207. The standard InChI is InChI=1S/C20H25BrN2O2/c1-12(2)15-7-6-8-16(13(3)4)19(15)22-18(24)11-23-10-14(5)9-17(21)20(23)25/h6-10,12-13H,11H2,1-5H3,(H,22,24). The zero-order valence-corrected chi connectivity index (χ0v) is 17.0. The van der Waals surface area contributed by atoms with Crippen LogP contribution in [0.15, 0.2) is 39.7 Å². The van der Waals surface area contributed by atoms with Gasteiger partial charge in [-0.05, 0) is 57.4 Å². The summed E-state index contributed by atoms with van der Waals surface area (Å²) in [5.74, 6) is 0.393. The number of halogens is 1. The lowest BCUT2D eigenvalue weighted by Gasteiger charge is -2.20. The largest absolute Gasteiger partial charge is 0.324 e. The van der Waals surface area contributed by atoms with E-state index in [9.17, 15) is 9.59 Å². The summed E-state index contributed by atoms with van der Waals surface area (Å²) in [6.45, 7) is 10.3. The van der Waals surface area contributed by atoms with E-state index in [1.165, 1.54) is 4.57 Å². The van der Waals surface area contributed by atoms with Crippen molar-refractivity contribution in [2.24, 2.45) is 0 Å². The molecule has 1 aromatic carbocycles. The van der Waals surface area contributed by atoms with Crippen molar-refractivity contribution in [2.45, 2.75) is 53.0 Å². The Bertz CT molecular complexity index is 812. The van der Waals surface area contributed by atoms with Crippen LogP contribution in [0.25, 0.3) is 0 Å². The minimum Gasteiger partial charge on any atom is -0.324 e. The molecule has 2 aromatic rings. The van der Waals surface area contributed by atoms with E-state index in [-0.39, 0.29) is 18.0 Å². The molecular formula is C20H25BrN2O2. The molecule has 1 heterocycles. The number of nitrogens with one attached hydrogen (secondary N) is 1. The smallest absolute Gasteiger partial charge is 0.265 e. The Morgan fingerprint density at radius 2 is 1.72 bits per heavy atom. The van der Waals surface area contributed by atoms with Crippen molar-refractivity contribution >= 4 is 27.5 Å². The van der Waals surface area contributed by atoms with Crippen molar-refractivity contribution in [3.05, 3.63) is 62.0 Å². The Hall–Kier alpha value is -1.88. The molecule has 1 aromatic heterocycles. The molecule has 0 atom stereocenters. The number of carbonyl (C=O) groups excluding carboxylic acids is 1. The summed E-state index contributed by atoms with van der Waals surface area (Å²) in [6.07, 6.45) is 1.70. The third-order valence-corrected chi connectivity index (χ3v) is 4.70. The number of aryl methyl sites for hydroxylation is 1. The molecular weight excluding hydrogens is 380 g/mol. The number of rotatable bonds is 5. The number of anilines is 1. The van der Waals surface area contributed by atoms with Gasteiger partial charge in [0.15, 0.2) is 0 Å². The maximum Gasteiger partial charge on any atom is 0.265 e. The molecule has 25 heavy (non-hydrogen) atoms. The summed E-state index contributed by atoms with van der Waals surface area (Å²) in [4.78, 5) is 24.8. The van der Waals surface area contributed by atoms with Gasteiger partial charge in [0.25, 0.3) is 5.56 Å². The molecule has 0 aliphatic heterocycles. The van der Waals surface area contributed by atoms with Gasteiger partial charge in [-0.3, -0.25) is 9.59 Å². The van der Waals surface area contributed by atoms with Crippen LogP contribution < -0.4 is 10.9 Å². The second-order valence-corrected chi connectivity index (χ2v) is 7.82. The molecule has 5 heteroatoms. The highest BCUT2D eigenvalue weighted by Crippen LogP contribution is 2.32. The van der Waals surface area contributed by atoms with Gasteiger partial charge < -0.3 is 9.88 Å². The molecule has 1 N–H and O–H groups in total. The van der Waals surface area contributed by atoms with Crippen molar-refractivity contribution in [1.29, 1.82) is 0 Å². The Morgan fingerprint density at radius 3 is 2.24 bits per heavy atom. The highest BCUT2D eigenvalue weighted by molar-refractivity contribution is 9.10.